The number of halogens is 3. The van der Waals surface area contributed by atoms with Gasteiger partial charge in [0.25, 0.3) is 6.02 Å². The first-order valence-electron chi connectivity index (χ1n) is 13.7. The average Bonchev–Trinajstić information content (AvgIpc) is 3.21. The number of hydrogen-bond donors (Lipinski definition) is 6. The fraction of sp³-hybridized carbons (Fsp3) is 0.233. The van der Waals surface area contributed by atoms with Crippen LogP contribution in [0.25, 0.3) is 0 Å². The minimum Gasteiger partial charge on any atom is -0.407 e. The lowest BCUT2D eigenvalue weighted by Gasteiger charge is -2.32. The Bertz CT molecular complexity index is 1570. The molecular weight excluding hydrogens is 575 g/mol. The van der Waals surface area contributed by atoms with Crippen molar-refractivity contribution in [1.29, 1.82) is 16.2 Å². The molecule has 1 unspecified atom stereocenters. The molecule has 2 aromatic carbocycles. The Morgan fingerprint density at radius 1 is 1.02 bits per heavy atom. The highest BCUT2D eigenvalue weighted by Gasteiger charge is 2.32. The zero-order valence-electron chi connectivity index (χ0n) is 23.4. The van der Waals surface area contributed by atoms with Crippen molar-refractivity contribution in [3.8, 4) is 0 Å². The van der Waals surface area contributed by atoms with Gasteiger partial charge >= 0.3 is 6.18 Å². The average molecular weight is 606 g/mol. The van der Waals surface area contributed by atoms with E-state index in [9.17, 15) is 13.2 Å². The van der Waals surface area contributed by atoms with Crippen LogP contribution in [0, 0.1) is 16.2 Å². The number of benzodiazepines with no additional fused rings is 1. The molecule has 1 atom stereocenters. The van der Waals surface area contributed by atoms with Gasteiger partial charge in [0.1, 0.15) is 17.7 Å². The van der Waals surface area contributed by atoms with E-state index in [1.54, 1.807) is 4.90 Å². The minimum atomic E-state index is -4.59. The third kappa shape index (κ3) is 7.21. The van der Waals surface area contributed by atoms with E-state index in [1.165, 1.54) is 6.07 Å². The molecule has 0 spiro atoms. The highest BCUT2D eigenvalue weighted by atomic mass is 19.4. The molecule has 0 radical (unpaired) electrons. The number of alkyl halides is 3. The maximum Gasteiger partial charge on any atom is 0.433 e. The van der Waals surface area contributed by atoms with Crippen LogP contribution in [0.15, 0.2) is 89.3 Å². The van der Waals surface area contributed by atoms with Crippen LogP contribution in [-0.2, 0) is 15.7 Å². The van der Waals surface area contributed by atoms with Crippen LogP contribution in [0.4, 0.5) is 24.5 Å². The molecule has 228 valence electrons. The number of nitrogens with one attached hydrogen (secondary N) is 6. The SMILES string of the molecule is N=C/C(C(=N)OC(=N)NC1CNc2ccccc2C(c2ccccc2)=N1)=C(\Nc1ccc(C(F)(F)F)nc1)N1CCOCC1. The number of nitrogens with zero attached hydrogens (tertiary/aromatic N) is 3. The van der Waals surface area contributed by atoms with Gasteiger partial charge < -0.3 is 35.7 Å². The lowest BCUT2D eigenvalue weighted by atomic mass is 10.0. The molecule has 2 aliphatic heterocycles. The molecule has 1 aromatic heterocycles. The smallest absolute Gasteiger partial charge is 0.407 e. The molecule has 2 aliphatic rings. The number of morpholine rings is 1. The van der Waals surface area contributed by atoms with Crippen LogP contribution in [0.5, 0.6) is 0 Å². The first-order chi connectivity index (χ1) is 21.2. The highest BCUT2D eigenvalue weighted by Crippen LogP contribution is 2.28. The van der Waals surface area contributed by atoms with E-state index >= 15 is 0 Å². The first-order valence-corrected chi connectivity index (χ1v) is 13.7. The Kier molecular flexibility index (Phi) is 9.19. The molecule has 0 aliphatic carbocycles. The second kappa shape index (κ2) is 13.4. The third-order valence-electron chi connectivity index (χ3n) is 6.79. The fourth-order valence-corrected chi connectivity index (χ4v) is 4.69. The van der Waals surface area contributed by atoms with E-state index in [-0.39, 0.29) is 17.1 Å². The Hall–Kier alpha value is -5.24. The van der Waals surface area contributed by atoms with Crippen molar-refractivity contribution in [2.75, 3.05) is 43.5 Å². The number of anilines is 2. The third-order valence-corrected chi connectivity index (χ3v) is 6.79. The number of para-hydroxylation sites is 1. The number of amidine groups is 1. The summed E-state index contributed by atoms with van der Waals surface area (Å²) in [5.41, 5.74) is 2.53. The Labute approximate surface area is 251 Å². The maximum atomic E-state index is 13.0. The zero-order valence-corrected chi connectivity index (χ0v) is 23.4. The number of ether oxygens (including phenoxy) is 2. The molecule has 1 fully saturated rings. The topological polar surface area (TPSA) is 155 Å². The summed E-state index contributed by atoms with van der Waals surface area (Å²) < 4.78 is 50.0. The lowest BCUT2D eigenvalue weighted by molar-refractivity contribution is -0.141. The molecule has 0 bridgehead atoms. The van der Waals surface area contributed by atoms with Crippen LogP contribution in [0.3, 0.4) is 0 Å². The summed E-state index contributed by atoms with van der Waals surface area (Å²) in [5, 5.41) is 34.4. The summed E-state index contributed by atoms with van der Waals surface area (Å²) in [6, 6.07) is 19.0. The summed E-state index contributed by atoms with van der Waals surface area (Å²) in [7, 11) is 0. The monoisotopic (exact) mass is 605 g/mol. The summed E-state index contributed by atoms with van der Waals surface area (Å²) in [4.78, 5) is 10.1. The number of rotatable bonds is 7. The summed E-state index contributed by atoms with van der Waals surface area (Å²) in [5.74, 6) is -0.290. The van der Waals surface area contributed by atoms with Crippen LogP contribution in [-0.4, -0.2) is 72.7 Å². The normalized spacial score (nSPS) is 17.1. The van der Waals surface area contributed by atoms with Crippen molar-refractivity contribution in [3.05, 3.63) is 101 Å². The standard InChI is InChI=1S/C30H30F3N9O2/c31-30(32,33)24-11-10-20(17-38-24)39-28(42-12-14-43-15-13-42)22(16-34)27(35)44-29(36)41-25-18-37-23-9-5-4-8-21(23)26(40-25)19-6-2-1-3-7-19/h1-11,16-17,25,34-35,37,39H,12-15,18H2,(H2,36,41)/b28-22-,34-16?,35-27?. The fourth-order valence-electron chi connectivity index (χ4n) is 4.69. The predicted molar refractivity (Wildman–Crippen MR) is 162 cm³/mol. The molecule has 14 heteroatoms. The summed E-state index contributed by atoms with van der Waals surface area (Å²) >= 11 is 0. The Balaban J connectivity index is 1.36. The van der Waals surface area contributed by atoms with Crippen molar-refractivity contribution >= 4 is 35.2 Å². The number of benzene rings is 2. The van der Waals surface area contributed by atoms with Crippen molar-refractivity contribution in [2.45, 2.75) is 12.3 Å². The molecule has 11 nitrogen and oxygen atoms in total. The minimum absolute atomic E-state index is 0.0294. The summed E-state index contributed by atoms with van der Waals surface area (Å²) in [6.45, 7) is 1.84. The molecule has 0 amide bonds. The lowest BCUT2D eigenvalue weighted by Crippen LogP contribution is -2.41. The Morgan fingerprint density at radius 3 is 2.43 bits per heavy atom. The van der Waals surface area contributed by atoms with Gasteiger partial charge in [-0.25, -0.2) is 4.98 Å². The molecule has 6 N–H and O–H groups in total. The van der Waals surface area contributed by atoms with E-state index in [0.29, 0.717) is 32.8 Å². The van der Waals surface area contributed by atoms with Crippen molar-refractivity contribution in [1.82, 2.24) is 15.2 Å². The molecule has 0 saturated carbocycles. The van der Waals surface area contributed by atoms with E-state index in [0.717, 1.165) is 41.0 Å². The van der Waals surface area contributed by atoms with Gasteiger partial charge in [0.05, 0.1) is 42.9 Å². The molecule has 3 aromatic rings. The van der Waals surface area contributed by atoms with Gasteiger partial charge in [0, 0.05) is 36.1 Å². The van der Waals surface area contributed by atoms with Gasteiger partial charge in [0.2, 0.25) is 5.90 Å². The van der Waals surface area contributed by atoms with Crippen molar-refractivity contribution < 1.29 is 22.6 Å². The van der Waals surface area contributed by atoms with Crippen LogP contribution in [0.2, 0.25) is 0 Å². The first kappa shape index (κ1) is 30.2. The number of aliphatic imine (C=N–C) groups is 1. The number of hydrogen-bond acceptors (Lipinski definition) is 10. The van der Waals surface area contributed by atoms with Gasteiger partial charge in [-0.1, -0.05) is 48.5 Å². The molecule has 1 saturated heterocycles. The molecule has 5 rings (SSSR count). The highest BCUT2D eigenvalue weighted by molar-refractivity contribution is 6.16. The van der Waals surface area contributed by atoms with E-state index < -0.39 is 30.0 Å². The van der Waals surface area contributed by atoms with Crippen molar-refractivity contribution in [3.63, 3.8) is 0 Å². The van der Waals surface area contributed by atoms with Crippen molar-refractivity contribution in [2.24, 2.45) is 4.99 Å². The van der Waals surface area contributed by atoms with E-state index in [2.05, 4.69) is 20.9 Å². The number of aromatic nitrogens is 1. The van der Waals surface area contributed by atoms with Gasteiger partial charge in [-0.2, -0.15) is 13.2 Å². The van der Waals surface area contributed by atoms with Gasteiger partial charge in [-0.15, -0.1) is 0 Å². The van der Waals surface area contributed by atoms with Gasteiger partial charge in [-0.05, 0) is 18.2 Å². The zero-order chi connectivity index (χ0) is 31.1. The number of pyridine rings is 1. The largest absolute Gasteiger partial charge is 0.433 e. The van der Waals surface area contributed by atoms with Gasteiger partial charge in [-0.3, -0.25) is 15.8 Å². The molecule has 3 heterocycles. The Morgan fingerprint density at radius 2 is 1.75 bits per heavy atom. The predicted octanol–water partition coefficient (Wildman–Crippen LogP) is 4.51. The molecule has 44 heavy (non-hydrogen) atoms. The number of fused-ring (bicyclic) bond motifs is 1. The molecular formula is C30H30F3N9O2. The van der Waals surface area contributed by atoms with Gasteiger partial charge in [0.15, 0.2) is 0 Å². The van der Waals surface area contributed by atoms with Crippen LogP contribution in [0.1, 0.15) is 16.8 Å². The maximum absolute atomic E-state index is 13.0. The van der Waals surface area contributed by atoms with E-state index in [1.807, 2.05) is 54.6 Å². The van der Waals surface area contributed by atoms with Crippen LogP contribution >= 0.6 is 0 Å². The summed E-state index contributed by atoms with van der Waals surface area (Å²) in [6.07, 6.45) is -3.31. The van der Waals surface area contributed by atoms with Crippen LogP contribution < -0.4 is 16.0 Å². The second-order valence-corrected chi connectivity index (χ2v) is 9.75. The second-order valence-electron chi connectivity index (χ2n) is 9.75. The quantitative estimate of drug-likeness (QED) is 0.171. The van der Waals surface area contributed by atoms with E-state index in [4.69, 9.17) is 30.7 Å².